The standard InChI is InChI=1S/C17H30O12/c1-7(2)3-10(20)26-5-9-11(21)13(23)14(24)16(27-9)29-17(6-19)15(25)12(22)8(4-18)28-17/h7-9,11-16,18-19,21-25H,3-6H2,1-2H3. The zero-order valence-corrected chi connectivity index (χ0v) is 16.2. The van der Waals surface area contributed by atoms with Crippen LogP contribution in [0.1, 0.15) is 20.3 Å². The van der Waals surface area contributed by atoms with E-state index in [1.165, 1.54) is 0 Å². The molecule has 2 fully saturated rings. The van der Waals surface area contributed by atoms with Gasteiger partial charge in [0, 0.05) is 6.42 Å². The van der Waals surface area contributed by atoms with Crippen molar-refractivity contribution in [1.82, 2.24) is 0 Å². The van der Waals surface area contributed by atoms with Gasteiger partial charge in [-0.1, -0.05) is 13.8 Å². The van der Waals surface area contributed by atoms with Crippen LogP contribution in [0.25, 0.3) is 0 Å². The molecule has 0 spiro atoms. The number of rotatable bonds is 8. The van der Waals surface area contributed by atoms with Gasteiger partial charge >= 0.3 is 5.97 Å². The number of hydrogen-bond donors (Lipinski definition) is 7. The summed E-state index contributed by atoms with van der Waals surface area (Å²) in [6.45, 7) is 1.50. The summed E-state index contributed by atoms with van der Waals surface area (Å²) >= 11 is 0. The van der Waals surface area contributed by atoms with Crippen molar-refractivity contribution in [2.24, 2.45) is 5.92 Å². The third-order valence-electron chi connectivity index (χ3n) is 4.87. The molecule has 0 aromatic rings. The van der Waals surface area contributed by atoms with E-state index in [9.17, 15) is 40.5 Å². The molecule has 2 aliphatic rings. The van der Waals surface area contributed by atoms with Crippen molar-refractivity contribution in [2.75, 3.05) is 19.8 Å². The summed E-state index contributed by atoms with van der Waals surface area (Å²) in [5.74, 6) is -2.78. The minimum absolute atomic E-state index is 0.0412. The number of aliphatic hydroxyl groups is 7. The van der Waals surface area contributed by atoms with Crippen LogP contribution < -0.4 is 0 Å². The van der Waals surface area contributed by atoms with Gasteiger partial charge < -0.3 is 54.7 Å². The lowest BCUT2D eigenvalue weighted by Gasteiger charge is -2.43. The molecule has 9 unspecified atom stereocenters. The molecule has 0 aliphatic carbocycles. The Hall–Kier alpha value is -0.930. The van der Waals surface area contributed by atoms with Gasteiger partial charge in [-0.25, -0.2) is 0 Å². The maximum atomic E-state index is 11.7. The fraction of sp³-hybridized carbons (Fsp3) is 0.941. The van der Waals surface area contributed by atoms with Gasteiger partial charge in [-0.05, 0) is 5.92 Å². The second-order valence-corrected chi connectivity index (χ2v) is 7.66. The third kappa shape index (κ3) is 5.22. The molecule has 9 atom stereocenters. The minimum Gasteiger partial charge on any atom is -0.463 e. The summed E-state index contributed by atoms with van der Waals surface area (Å²) in [6, 6.07) is 0. The van der Waals surface area contributed by atoms with Crippen LogP contribution in [-0.4, -0.2) is 116 Å². The molecule has 29 heavy (non-hydrogen) atoms. The first-order valence-electron chi connectivity index (χ1n) is 9.35. The first-order chi connectivity index (χ1) is 13.6. The van der Waals surface area contributed by atoms with Gasteiger partial charge in [0.2, 0.25) is 5.79 Å². The molecule has 0 radical (unpaired) electrons. The molecule has 2 aliphatic heterocycles. The highest BCUT2D eigenvalue weighted by Crippen LogP contribution is 2.36. The fourth-order valence-electron chi connectivity index (χ4n) is 3.19. The van der Waals surface area contributed by atoms with Crippen LogP contribution in [0.2, 0.25) is 0 Å². The average molecular weight is 426 g/mol. The number of aliphatic hydroxyl groups excluding tert-OH is 7. The molecule has 2 saturated heterocycles. The van der Waals surface area contributed by atoms with Gasteiger partial charge in [0.15, 0.2) is 6.29 Å². The molecule has 2 rings (SSSR count). The molecule has 7 N–H and O–H groups in total. The van der Waals surface area contributed by atoms with E-state index in [2.05, 4.69) is 0 Å². The molecule has 0 aromatic carbocycles. The van der Waals surface area contributed by atoms with Crippen LogP contribution in [0.4, 0.5) is 0 Å². The van der Waals surface area contributed by atoms with E-state index in [4.69, 9.17) is 18.9 Å². The zero-order chi connectivity index (χ0) is 21.9. The van der Waals surface area contributed by atoms with E-state index < -0.39 is 80.6 Å². The average Bonchev–Trinajstić information content (AvgIpc) is 2.92. The van der Waals surface area contributed by atoms with E-state index >= 15 is 0 Å². The number of carbonyl (C=O) groups excluding carboxylic acids is 1. The Morgan fingerprint density at radius 1 is 1.00 bits per heavy atom. The Labute approximate surface area is 167 Å². The predicted octanol–water partition coefficient (Wildman–Crippen LogP) is -3.80. The fourth-order valence-corrected chi connectivity index (χ4v) is 3.19. The quantitative estimate of drug-likeness (QED) is 0.187. The maximum absolute atomic E-state index is 11.7. The normalized spacial score (nSPS) is 43.0. The molecular weight excluding hydrogens is 396 g/mol. The molecule has 0 bridgehead atoms. The van der Waals surface area contributed by atoms with Crippen LogP contribution >= 0.6 is 0 Å². The molecule has 12 nitrogen and oxygen atoms in total. The van der Waals surface area contributed by atoms with Gasteiger partial charge in [0.1, 0.15) is 55.9 Å². The predicted molar refractivity (Wildman–Crippen MR) is 92.0 cm³/mol. The van der Waals surface area contributed by atoms with Crippen molar-refractivity contribution < 1.29 is 59.5 Å². The molecule has 0 saturated carbocycles. The summed E-state index contributed by atoms with van der Waals surface area (Å²) in [4.78, 5) is 11.7. The zero-order valence-electron chi connectivity index (χ0n) is 16.2. The topological polar surface area (TPSA) is 196 Å². The highest BCUT2D eigenvalue weighted by molar-refractivity contribution is 5.69. The van der Waals surface area contributed by atoms with Crippen LogP contribution in [0.5, 0.6) is 0 Å². The molecule has 2 heterocycles. The molecular formula is C17H30O12. The van der Waals surface area contributed by atoms with E-state index in [-0.39, 0.29) is 12.3 Å². The number of carbonyl (C=O) groups is 1. The van der Waals surface area contributed by atoms with E-state index in [0.717, 1.165) is 0 Å². The van der Waals surface area contributed by atoms with Crippen LogP contribution in [0, 0.1) is 5.92 Å². The highest BCUT2D eigenvalue weighted by Gasteiger charge is 2.58. The van der Waals surface area contributed by atoms with Gasteiger partial charge in [-0.3, -0.25) is 4.79 Å². The highest BCUT2D eigenvalue weighted by atomic mass is 16.8. The minimum atomic E-state index is -2.26. The maximum Gasteiger partial charge on any atom is 0.306 e. The molecule has 0 amide bonds. The molecule has 12 heteroatoms. The van der Waals surface area contributed by atoms with Gasteiger partial charge in [0.25, 0.3) is 0 Å². The monoisotopic (exact) mass is 426 g/mol. The summed E-state index contributed by atoms with van der Waals surface area (Å²) in [6.07, 6.45) is -12.8. The Morgan fingerprint density at radius 2 is 1.66 bits per heavy atom. The van der Waals surface area contributed by atoms with Gasteiger partial charge in [-0.15, -0.1) is 0 Å². The van der Waals surface area contributed by atoms with E-state index in [0.29, 0.717) is 0 Å². The lowest BCUT2D eigenvalue weighted by Crippen LogP contribution is -2.62. The Morgan fingerprint density at radius 3 is 2.17 bits per heavy atom. The van der Waals surface area contributed by atoms with Crippen LogP contribution in [0.3, 0.4) is 0 Å². The Kier molecular flexibility index (Phi) is 8.32. The van der Waals surface area contributed by atoms with Crippen LogP contribution in [-0.2, 0) is 23.7 Å². The van der Waals surface area contributed by atoms with Crippen LogP contribution in [0.15, 0.2) is 0 Å². The van der Waals surface area contributed by atoms with Gasteiger partial charge in [0.05, 0.1) is 6.61 Å². The lowest BCUT2D eigenvalue weighted by molar-refractivity contribution is -0.383. The smallest absolute Gasteiger partial charge is 0.306 e. The van der Waals surface area contributed by atoms with Crippen molar-refractivity contribution in [3.63, 3.8) is 0 Å². The summed E-state index contributed by atoms with van der Waals surface area (Å²) < 4.78 is 21.0. The third-order valence-corrected chi connectivity index (χ3v) is 4.87. The van der Waals surface area contributed by atoms with Crippen molar-refractivity contribution in [2.45, 2.75) is 75.1 Å². The first kappa shape index (κ1) is 24.3. The largest absolute Gasteiger partial charge is 0.463 e. The molecule has 170 valence electrons. The molecule has 0 aromatic heterocycles. The second-order valence-electron chi connectivity index (χ2n) is 7.66. The number of ether oxygens (including phenoxy) is 4. The van der Waals surface area contributed by atoms with Crippen molar-refractivity contribution in [3.8, 4) is 0 Å². The number of hydrogen-bond acceptors (Lipinski definition) is 12. The summed E-state index contributed by atoms with van der Waals surface area (Å²) in [5.41, 5.74) is 0. The second kappa shape index (κ2) is 9.92. The summed E-state index contributed by atoms with van der Waals surface area (Å²) in [5, 5.41) is 69.3. The SMILES string of the molecule is CC(C)CC(=O)OCC1OC(OC2(CO)OC(CO)C(O)C2O)C(O)C(O)C1O. The van der Waals surface area contributed by atoms with Crippen molar-refractivity contribution >= 4 is 5.97 Å². The lowest BCUT2D eigenvalue weighted by atomic mass is 9.99. The number of esters is 1. The van der Waals surface area contributed by atoms with E-state index in [1.54, 1.807) is 0 Å². The van der Waals surface area contributed by atoms with Crippen molar-refractivity contribution in [3.05, 3.63) is 0 Å². The van der Waals surface area contributed by atoms with Crippen molar-refractivity contribution in [1.29, 1.82) is 0 Å². The Bertz CT molecular complexity index is 545. The Balaban J connectivity index is 2.09. The van der Waals surface area contributed by atoms with Gasteiger partial charge in [-0.2, -0.15) is 0 Å². The summed E-state index contributed by atoms with van der Waals surface area (Å²) in [7, 11) is 0. The first-order valence-corrected chi connectivity index (χ1v) is 9.35. The van der Waals surface area contributed by atoms with E-state index in [1.807, 2.05) is 13.8 Å².